The zero-order chi connectivity index (χ0) is 16.3. The molecule has 23 heavy (non-hydrogen) atoms. The Balaban J connectivity index is 1.59. The van der Waals surface area contributed by atoms with Gasteiger partial charge in [0.15, 0.2) is 0 Å². The van der Waals surface area contributed by atoms with Crippen LogP contribution in [-0.4, -0.2) is 6.67 Å². The van der Waals surface area contributed by atoms with Crippen LogP contribution in [-0.2, 0) is 0 Å². The Bertz CT molecular complexity index is 306. The molecule has 2 fully saturated rings. The van der Waals surface area contributed by atoms with Crippen molar-refractivity contribution in [1.29, 1.82) is 0 Å². The molecule has 0 aromatic rings. The third kappa shape index (κ3) is 6.98. The Morgan fingerprint density at radius 1 is 0.826 bits per heavy atom. The van der Waals surface area contributed by atoms with Gasteiger partial charge in [0.2, 0.25) is 0 Å². The van der Waals surface area contributed by atoms with Crippen molar-refractivity contribution in [3.05, 3.63) is 12.2 Å². The highest BCUT2D eigenvalue weighted by Crippen LogP contribution is 2.42. The Morgan fingerprint density at radius 2 is 1.48 bits per heavy atom. The average molecular weight is 323 g/mol. The summed E-state index contributed by atoms with van der Waals surface area (Å²) >= 11 is 0. The lowest BCUT2D eigenvalue weighted by atomic mass is 9.68. The average Bonchev–Trinajstić information content (AvgIpc) is 2.60. The highest BCUT2D eigenvalue weighted by atomic mass is 19.1. The topological polar surface area (TPSA) is 0 Å². The van der Waals surface area contributed by atoms with E-state index < -0.39 is 0 Å². The van der Waals surface area contributed by atoms with Crippen LogP contribution >= 0.6 is 0 Å². The fourth-order valence-electron chi connectivity index (χ4n) is 4.97. The first-order valence-electron chi connectivity index (χ1n) is 10.6. The Kier molecular flexibility index (Phi) is 9.31. The minimum absolute atomic E-state index is 0.201. The molecule has 0 aliphatic heterocycles. The summed E-state index contributed by atoms with van der Waals surface area (Å²) in [6.07, 6.45) is 23.8. The largest absolute Gasteiger partial charge is 0.251 e. The monoisotopic (exact) mass is 322 g/mol. The zero-order valence-corrected chi connectivity index (χ0v) is 15.4. The molecule has 0 N–H and O–H groups in total. The summed E-state index contributed by atoms with van der Waals surface area (Å²) in [5.74, 6) is 3.82. The molecule has 0 aromatic heterocycles. The molecule has 0 saturated heterocycles. The molecule has 0 bridgehead atoms. The summed E-state index contributed by atoms with van der Waals surface area (Å²) in [5, 5.41) is 0. The third-order valence-electron chi connectivity index (χ3n) is 6.52. The molecule has 0 atom stereocenters. The van der Waals surface area contributed by atoms with Crippen LogP contribution < -0.4 is 0 Å². The molecule has 0 amide bonds. The SMILES string of the molecule is CCCCCCC1CCC([C@H]2CC[C@H](/C=C/CCF)CC2)CC1. The number of rotatable bonds is 9. The second-order valence-electron chi connectivity index (χ2n) is 8.21. The lowest BCUT2D eigenvalue weighted by molar-refractivity contribution is 0.151. The fourth-order valence-corrected chi connectivity index (χ4v) is 4.97. The molecule has 0 spiro atoms. The second-order valence-corrected chi connectivity index (χ2v) is 8.21. The standard InChI is InChI=1S/C22H39F/c1-2-3-4-5-8-19-10-14-21(15-11-19)22-16-12-20(13-17-22)9-6-7-18-23/h6,9,19-22H,2-5,7-8,10-18H2,1H3/b9-6+/t19?,20-,21?,22-. The molecule has 0 heterocycles. The van der Waals surface area contributed by atoms with Gasteiger partial charge >= 0.3 is 0 Å². The van der Waals surface area contributed by atoms with E-state index in [4.69, 9.17) is 0 Å². The van der Waals surface area contributed by atoms with Crippen molar-refractivity contribution in [3.8, 4) is 0 Å². The first-order chi connectivity index (χ1) is 11.3. The number of hydrogen-bond acceptors (Lipinski definition) is 0. The predicted octanol–water partition coefficient (Wildman–Crippen LogP) is 7.49. The second kappa shape index (κ2) is 11.3. The predicted molar refractivity (Wildman–Crippen MR) is 99.4 cm³/mol. The van der Waals surface area contributed by atoms with E-state index in [9.17, 15) is 4.39 Å². The van der Waals surface area contributed by atoms with Crippen LogP contribution in [0.1, 0.15) is 96.8 Å². The van der Waals surface area contributed by atoms with Crippen LogP contribution in [0, 0.1) is 23.7 Å². The fraction of sp³-hybridized carbons (Fsp3) is 0.909. The maximum Gasteiger partial charge on any atom is 0.0928 e. The van der Waals surface area contributed by atoms with Gasteiger partial charge in [-0.25, -0.2) is 0 Å². The number of halogens is 1. The first-order valence-corrected chi connectivity index (χ1v) is 10.6. The van der Waals surface area contributed by atoms with Gasteiger partial charge in [0.1, 0.15) is 0 Å². The number of alkyl halides is 1. The van der Waals surface area contributed by atoms with Crippen LogP contribution in [0.15, 0.2) is 12.2 Å². The van der Waals surface area contributed by atoms with E-state index in [0.29, 0.717) is 6.42 Å². The van der Waals surface area contributed by atoms with Crippen molar-refractivity contribution in [1.82, 2.24) is 0 Å². The molecule has 0 unspecified atom stereocenters. The summed E-state index contributed by atoms with van der Waals surface area (Å²) < 4.78 is 12.1. The first kappa shape index (κ1) is 19.0. The van der Waals surface area contributed by atoms with Crippen LogP contribution in [0.4, 0.5) is 4.39 Å². The lowest BCUT2D eigenvalue weighted by Gasteiger charge is -2.37. The van der Waals surface area contributed by atoms with Gasteiger partial charge in [-0.3, -0.25) is 4.39 Å². The lowest BCUT2D eigenvalue weighted by Crippen LogP contribution is -2.25. The molecule has 0 nitrogen and oxygen atoms in total. The normalized spacial score (nSPS) is 32.4. The molecular formula is C22H39F. The van der Waals surface area contributed by atoms with Gasteiger partial charge in [-0.1, -0.05) is 64.0 Å². The number of unbranched alkanes of at least 4 members (excludes halogenated alkanes) is 3. The van der Waals surface area contributed by atoms with Gasteiger partial charge in [0.25, 0.3) is 0 Å². The third-order valence-corrected chi connectivity index (χ3v) is 6.52. The Morgan fingerprint density at radius 3 is 2.09 bits per heavy atom. The highest BCUT2D eigenvalue weighted by molar-refractivity contribution is 4.92. The van der Waals surface area contributed by atoms with Crippen molar-refractivity contribution >= 4 is 0 Å². The van der Waals surface area contributed by atoms with Gasteiger partial charge in [0, 0.05) is 0 Å². The van der Waals surface area contributed by atoms with E-state index in [1.807, 2.05) is 0 Å². The summed E-state index contributed by atoms with van der Waals surface area (Å²) in [6, 6.07) is 0. The molecule has 2 aliphatic rings. The van der Waals surface area contributed by atoms with E-state index in [2.05, 4.69) is 19.1 Å². The molecular weight excluding hydrogens is 283 g/mol. The Hall–Kier alpha value is -0.330. The van der Waals surface area contributed by atoms with Crippen LogP contribution in [0.5, 0.6) is 0 Å². The van der Waals surface area contributed by atoms with Gasteiger partial charge in [-0.2, -0.15) is 0 Å². The van der Waals surface area contributed by atoms with Gasteiger partial charge in [-0.15, -0.1) is 0 Å². The van der Waals surface area contributed by atoms with E-state index in [-0.39, 0.29) is 6.67 Å². The maximum atomic E-state index is 12.1. The molecule has 2 rings (SSSR count). The van der Waals surface area contributed by atoms with Crippen molar-refractivity contribution in [2.45, 2.75) is 96.8 Å². The van der Waals surface area contributed by atoms with Gasteiger partial charge in [-0.05, 0) is 68.6 Å². The van der Waals surface area contributed by atoms with Gasteiger partial charge < -0.3 is 0 Å². The molecule has 0 radical (unpaired) electrons. The molecule has 1 heteroatoms. The van der Waals surface area contributed by atoms with Crippen LogP contribution in [0.3, 0.4) is 0 Å². The van der Waals surface area contributed by atoms with E-state index >= 15 is 0 Å². The van der Waals surface area contributed by atoms with Crippen molar-refractivity contribution < 1.29 is 4.39 Å². The minimum atomic E-state index is -0.201. The maximum absolute atomic E-state index is 12.1. The van der Waals surface area contributed by atoms with E-state index in [0.717, 1.165) is 23.7 Å². The van der Waals surface area contributed by atoms with Crippen molar-refractivity contribution in [3.63, 3.8) is 0 Å². The molecule has 2 aliphatic carbocycles. The summed E-state index contributed by atoms with van der Waals surface area (Å²) in [7, 11) is 0. The zero-order valence-electron chi connectivity index (χ0n) is 15.4. The van der Waals surface area contributed by atoms with E-state index in [1.165, 1.54) is 83.5 Å². The van der Waals surface area contributed by atoms with E-state index in [1.54, 1.807) is 0 Å². The van der Waals surface area contributed by atoms with Crippen molar-refractivity contribution in [2.75, 3.05) is 6.67 Å². The number of allylic oxidation sites excluding steroid dienone is 2. The minimum Gasteiger partial charge on any atom is -0.251 e. The smallest absolute Gasteiger partial charge is 0.0928 e. The molecule has 2 saturated carbocycles. The molecule has 134 valence electrons. The summed E-state index contributed by atoms with van der Waals surface area (Å²) in [6.45, 7) is 2.10. The quantitative estimate of drug-likeness (QED) is 0.305. The molecule has 0 aromatic carbocycles. The Labute approximate surface area is 144 Å². The summed E-state index contributed by atoms with van der Waals surface area (Å²) in [5.41, 5.74) is 0. The van der Waals surface area contributed by atoms with Crippen molar-refractivity contribution in [2.24, 2.45) is 23.7 Å². The van der Waals surface area contributed by atoms with Crippen LogP contribution in [0.2, 0.25) is 0 Å². The number of hydrogen-bond donors (Lipinski definition) is 0. The van der Waals surface area contributed by atoms with Crippen LogP contribution in [0.25, 0.3) is 0 Å². The van der Waals surface area contributed by atoms with Gasteiger partial charge in [0.05, 0.1) is 6.67 Å². The summed E-state index contributed by atoms with van der Waals surface area (Å²) in [4.78, 5) is 0. The highest BCUT2D eigenvalue weighted by Gasteiger charge is 2.30.